The van der Waals surface area contributed by atoms with Crippen LogP contribution in [0, 0.1) is 0 Å². The first-order valence-corrected chi connectivity index (χ1v) is 7.00. The molecule has 1 atom stereocenters. The molecule has 1 fully saturated rings. The zero-order chi connectivity index (χ0) is 12.5. The maximum atomic E-state index is 6.20. The summed E-state index contributed by atoms with van der Waals surface area (Å²) in [6, 6.07) is 4.66. The van der Waals surface area contributed by atoms with Gasteiger partial charge in [-0.3, -0.25) is 4.90 Å². The van der Waals surface area contributed by atoms with E-state index in [-0.39, 0.29) is 12.4 Å². The summed E-state index contributed by atoms with van der Waals surface area (Å²) in [5.41, 5.74) is 2.50. The highest BCUT2D eigenvalue weighted by Gasteiger charge is 2.22. The van der Waals surface area contributed by atoms with Gasteiger partial charge in [0.15, 0.2) is 0 Å². The highest BCUT2D eigenvalue weighted by Crippen LogP contribution is 2.33. The molecule has 19 heavy (non-hydrogen) atoms. The van der Waals surface area contributed by atoms with Crippen LogP contribution in [0.1, 0.15) is 18.1 Å². The molecule has 2 heterocycles. The van der Waals surface area contributed by atoms with Crippen molar-refractivity contribution in [2.45, 2.75) is 25.9 Å². The number of hydrogen-bond donors (Lipinski definition) is 1. The van der Waals surface area contributed by atoms with E-state index < -0.39 is 0 Å². The lowest BCUT2D eigenvalue weighted by Gasteiger charge is -2.34. The minimum absolute atomic E-state index is 0. The SMILES string of the molecule is C[C@H]1CNCCN1Cc1cc(Cl)cc2c1OCC2.Cl. The Hall–Kier alpha value is -0.480. The molecule has 0 amide bonds. The minimum Gasteiger partial charge on any atom is -0.493 e. The Balaban J connectivity index is 0.00000133. The maximum absolute atomic E-state index is 6.20. The van der Waals surface area contributed by atoms with E-state index >= 15 is 0 Å². The molecular formula is C14H20Cl2N2O. The number of ether oxygens (including phenoxy) is 1. The van der Waals surface area contributed by atoms with Gasteiger partial charge in [-0.2, -0.15) is 0 Å². The number of piperazine rings is 1. The minimum atomic E-state index is 0. The summed E-state index contributed by atoms with van der Waals surface area (Å²) >= 11 is 6.20. The van der Waals surface area contributed by atoms with Crippen molar-refractivity contribution in [3.05, 3.63) is 28.3 Å². The Morgan fingerprint density at radius 2 is 2.32 bits per heavy atom. The van der Waals surface area contributed by atoms with E-state index in [2.05, 4.69) is 23.2 Å². The molecule has 0 unspecified atom stereocenters. The predicted molar refractivity (Wildman–Crippen MR) is 80.6 cm³/mol. The predicted octanol–water partition coefficient (Wildman–Crippen LogP) is 2.49. The summed E-state index contributed by atoms with van der Waals surface area (Å²) < 4.78 is 5.76. The fourth-order valence-electron chi connectivity index (χ4n) is 2.80. The van der Waals surface area contributed by atoms with Crippen molar-refractivity contribution in [3.63, 3.8) is 0 Å². The average Bonchev–Trinajstić information content (AvgIpc) is 2.80. The van der Waals surface area contributed by atoms with Gasteiger partial charge in [-0.15, -0.1) is 12.4 Å². The molecule has 0 aromatic heterocycles. The van der Waals surface area contributed by atoms with Crippen LogP contribution in [0.4, 0.5) is 0 Å². The molecule has 5 heteroatoms. The maximum Gasteiger partial charge on any atom is 0.127 e. The molecule has 1 N–H and O–H groups in total. The van der Waals surface area contributed by atoms with E-state index in [4.69, 9.17) is 16.3 Å². The molecule has 1 saturated heterocycles. The van der Waals surface area contributed by atoms with Crippen molar-refractivity contribution < 1.29 is 4.74 Å². The molecule has 0 spiro atoms. The van der Waals surface area contributed by atoms with Crippen molar-refractivity contribution in [1.29, 1.82) is 0 Å². The van der Waals surface area contributed by atoms with Gasteiger partial charge in [-0.05, 0) is 24.6 Å². The van der Waals surface area contributed by atoms with Gasteiger partial charge in [0, 0.05) is 49.2 Å². The highest BCUT2D eigenvalue weighted by atomic mass is 35.5. The lowest BCUT2D eigenvalue weighted by Crippen LogP contribution is -2.49. The molecule has 0 radical (unpaired) electrons. The van der Waals surface area contributed by atoms with Crippen LogP contribution in [0.5, 0.6) is 5.75 Å². The average molecular weight is 303 g/mol. The summed E-state index contributed by atoms with van der Waals surface area (Å²) in [5, 5.41) is 4.25. The number of hydrogen-bond acceptors (Lipinski definition) is 3. The van der Waals surface area contributed by atoms with E-state index in [0.717, 1.165) is 50.0 Å². The summed E-state index contributed by atoms with van der Waals surface area (Å²) in [4.78, 5) is 2.49. The third-order valence-corrected chi connectivity index (χ3v) is 4.06. The Labute approximate surface area is 125 Å². The van der Waals surface area contributed by atoms with Gasteiger partial charge in [-0.25, -0.2) is 0 Å². The van der Waals surface area contributed by atoms with Crippen LogP contribution in [-0.4, -0.2) is 37.2 Å². The number of fused-ring (bicyclic) bond motifs is 1. The van der Waals surface area contributed by atoms with Gasteiger partial charge in [-0.1, -0.05) is 11.6 Å². The molecule has 106 valence electrons. The summed E-state index contributed by atoms with van der Waals surface area (Å²) in [5.74, 6) is 1.07. The van der Waals surface area contributed by atoms with E-state index in [0.29, 0.717) is 6.04 Å². The third kappa shape index (κ3) is 3.16. The summed E-state index contributed by atoms with van der Waals surface area (Å²) in [7, 11) is 0. The quantitative estimate of drug-likeness (QED) is 0.908. The van der Waals surface area contributed by atoms with Crippen molar-refractivity contribution in [2.75, 3.05) is 26.2 Å². The Morgan fingerprint density at radius 1 is 1.47 bits per heavy atom. The topological polar surface area (TPSA) is 24.5 Å². The Morgan fingerprint density at radius 3 is 3.11 bits per heavy atom. The Kier molecular flexibility index (Phi) is 4.96. The monoisotopic (exact) mass is 302 g/mol. The largest absolute Gasteiger partial charge is 0.493 e. The fraction of sp³-hybridized carbons (Fsp3) is 0.571. The number of halogens is 2. The number of benzene rings is 1. The van der Waals surface area contributed by atoms with Crippen molar-refractivity contribution in [2.24, 2.45) is 0 Å². The van der Waals surface area contributed by atoms with Crippen LogP contribution in [0.3, 0.4) is 0 Å². The number of rotatable bonds is 2. The van der Waals surface area contributed by atoms with Gasteiger partial charge in [0.05, 0.1) is 6.61 Å². The van der Waals surface area contributed by atoms with Gasteiger partial charge < -0.3 is 10.1 Å². The van der Waals surface area contributed by atoms with Crippen LogP contribution in [0.2, 0.25) is 5.02 Å². The van der Waals surface area contributed by atoms with Gasteiger partial charge >= 0.3 is 0 Å². The van der Waals surface area contributed by atoms with Crippen molar-refractivity contribution >= 4 is 24.0 Å². The van der Waals surface area contributed by atoms with Gasteiger partial charge in [0.2, 0.25) is 0 Å². The first kappa shape index (κ1) is 14.9. The summed E-state index contributed by atoms with van der Waals surface area (Å²) in [6.45, 7) is 7.20. The smallest absolute Gasteiger partial charge is 0.127 e. The fourth-order valence-corrected chi connectivity index (χ4v) is 3.06. The highest BCUT2D eigenvalue weighted by molar-refractivity contribution is 6.30. The van der Waals surface area contributed by atoms with E-state index in [1.807, 2.05) is 6.07 Å². The molecule has 2 aliphatic heterocycles. The second-order valence-corrected chi connectivity index (χ2v) is 5.61. The van der Waals surface area contributed by atoms with Crippen molar-refractivity contribution in [1.82, 2.24) is 10.2 Å². The number of nitrogens with one attached hydrogen (secondary N) is 1. The third-order valence-electron chi connectivity index (χ3n) is 3.84. The lowest BCUT2D eigenvalue weighted by atomic mass is 10.1. The normalized spacial score (nSPS) is 22.5. The van der Waals surface area contributed by atoms with Crippen LogP contribution < -0.4 is 10.1 Å². The van der Waals surface area contributed by atoms with Crippen LogP contribution in [0.25, 0.3) is 0 Å². The molecule has 0 saturated carbocycles. The second-order valence-electron chi connectivity index (χ2n) is 5.18. The molecule has 2 aliphatic rings. The van der Waals surface area contributed by atoms with Gasteiger partial charge in [0.1, 0.15) is 5.75 Å². The molecule has 1 aromatic rings. The molecule has 0 aliphatic carbocycles. The van der Waals surface area contributed by atoms with Crippen LogP contribution in [0.15, 0.2) is 12.1 Å². The first-order valence-electron chi connectivity index (χ1n) is 6.63. The number of nitrogens with zero attached hydrogens (tertiary/aromatic N) is 1. The van der Waals surface area contributed by atoms with E-state index in [1.165, 1.54) is 11.1 Å². The molecule has 0 bridgehead atoms. The lowest BCUT2D eigenvalue weighted by molar-refractivity contribution is 0.164. The van der Waals surface area contributed by atoms with Crippen LogP contribution in [-0.2, 0) is 13.0 Å². The molecule has 3 nitrogen and oxygen atoms in total. The molecule has 1 aromatic carbocycles. The van der Waals surface area contributed by atoms with Crippen molar-refractivity contribution in [3.8, 4) is 5.75 Å². The standard InChI is InChI=1S/C14H19ClN2O.ClH/c1-10-8-16-3-4-17(10)9-12-7-13(15)6-11-2-5-18-14(11)12;/h6-7,10,16H,2-5,8-9H2,1H3;1H/t10-;/m0./s1. The Bertz CT molecular complexity index is 453. The molecule has 3 rings (SSSR count). The molecular weight excluding hydrogens is 283 g/mol. The van der Waals surface area contributed by atoms with E-state index in [9.17, 15) is 0 Å². The zero-order valence-electron chi connectivity index (χ0n) is 11.1. The second kappa shape index (κ2) is 6.31. The summed E-state index contributed by atoms with van der Waals surface area (Å²) in [6.07, 6.45) is 0.986. The first-order chi connectivity index (χ1) is 8.74. The van der Waals surface area contributed by atoms with Gasteiger partial charge in [0.25, 0.3) is 0 Å². The zero-order valence-corrected chi connectivity index (χ0v) is 12.7. The van der Waals surface area contributed by atoms with Crippen LogP contribution >= 0.6 is 24.0 Å². The van der Waals surface area contributed by atoms with E-state index in [1.54, 1.807) is 0 Å².